The van der Waals surface area contributed by atoms with E-state index in [1.54, 1.807) is 24.3 Å². The smallest absolute Gasteiger partial charge is 0.123 e. The van der Waals surface area contributed by atoms with Gasteiger partial charge in [0, 0.05) is 44.3 Å². The summed E-state index contributed by atoms with van der Waals surface area (Å²) in [7, 11) is 0. The zero-order valence-electron chi connectivity index (χ0n) is 19.0. The molecule has 4 rings (SSSR count). The minimum absolute atomic E-state index is 0.289. The summed E-state index contributed by atoms with van der Waals surface area (Å²) in [5.41, 5.74) is 2.85. The van der Waals surface area contributed by atoms with Crippen molar-refractivity contribution in [2.24, 2.45) is 0 Å². The number of ether oxygens (including phenoxy) is 1. The Morgan fingerprint density at radius 3 is 1.85 bits per heavy atom. The lowest BCUT2D eigenvalue weighted by molar-refractivity contribution is 0.0467. The van der Waals surface area contributed by atoms with Crippen molar-refractivity contribution in [3.05, 3.63) is 112 Å². The molecule has 1 saturated heterocycles. The van der Waals surface area contributed by atoms with E-state index in [1.807, 2.05) is 24.3 Å². The van der Waals surface area contributed by atoms with E-state index in [2.05, 4.69) is 22.0 Å². The molecular formula is C28H29ClF2N2O. The van der Waals surface area contributed by atoms with Gasteiger partial charge >= 0.3 is 0 Å². The van der Waals surface area contributed by atoms with Crippen molar-refractivity contribution in [1.82, 2.24) is 9.80 Å². The van der Waals surface area contributed by atoms with Crippen LogP contribution in [0.15, 0.2) is 78.9 Å². The molecular weight excluding hydrogens is 454 g/mol. The maximum Gasteiger partial charge on any atom is 0.123 e. The van der Waals surface area contributed by atoms with E-state index in [-0.39, 0.29) is 17.7 Å². The number of piperazine rings is 1. The Morgan fingerprint density at radius 1 is 0.765 bits per heavy atom. The standard InChI is InChI=1S/C28H29ClF2N2O/c29-25-9-3-22(4-10-25)2-1-15-32-16-18-33(19-17-32)20-21-34-28(23-5-11-26(30)12-6-23)24-7-13-27(31)14-8-24/h1-14,28H,15-21H2/b2-1+. The van der Waals surface area contributed by atoms with Gasteiger partial charge in [-0.1, -0.05) is 60.2 Å². The van der Waals surface area contributed by atoms with E-state index < -0.39 is 0 Å². The monoisotopic (exact) mass is 482 g/mol. The molecule has 3 nitrogen and oxygen atoms in total. The predicted octanol–water partition coefficient (Wildman–Crippen LogP) is 6.06. The average Bonchev–Trinajstić information content (AvgIpc) is 2.85. The Bertz CT molecular complexity index is 1000. The van der Waals surface area contributed by atoms with Gasteiger partial charge in [0.2, 0.25) is 0 Å². The molecule has 0 radical (unpaired) electrons. The fraction of sp³-hybridized carbons (Fsp3) is 0.286. The third kappa shape index (κ3) is 7.21. The molecule has 1 heterocycles. The van der Waals surface area contributed by atoms with Crippen molar-refractivity contribution in [1.29, 1.82) is 0 Å². The highest BCUT2D eigenvalue weighted by atomic mass is 35.5. The molecule has 1 fully saturated rings. The average molecular weight is 483 g/mol. The zero-order chi connectivity index (χ0) is 23.8. The van der Waals surface area contributed by atoms with Gasteiger partial charge in [0.05, 0.1) is 6.61 Å². The highest BCUT2D eigenvalue weighted by molar-refractivity contribution is 6.30. The first-order chi connectivity index (χ1) is 16.6. The molecule has 0 bridgehead atoms. The van der Waals surface area contributed by atoms with Gasteiger partial charge in [0.15, 0.2) is 0 Å². The maximum atomic E-state index is 13.4. The van der Waals surface area contributed by atoms with Crippen LogP contribution >= 0.6 is 11.6 Å². The first-order valence-electron chi connectivity index (χ1n) is 11.6. The van der Waals surface area contributed by atoms with Crippen LogP contribution in [0.4, 0.5) is 8.78 Å². The van der Waals surface area contributed by atoms with Crippen molar-refractivity contribution >= 4 is 17.7 Å². The predicted molar refractivity (Wildman–Crippen MR) is 134 cm³/mol. The van der Waals surface area contributed by atoms with E-state index in [1.165, 1.54) is 24.3 Å². The van der Waals surface area contributed by atoms with Gasteiger partial charge in [-0.25, -0.2) is 8.78 Å². The third-order valence-corrected chi connectivity index (χ3v) is 6.30. The van der Waals surface area contributed by atoms with Crippen LogP contribution < -0.4 is 0 Å². The van der Waals surface area contributed by atoms with Crippen molar-refractivity contribution in [3.63, 3.8) is 0 Å². The van der Waals surface area contributed by atoms with E-state index in [0.29, 0.717) is 6.61 Å². The molecule has 34 heavy (non-hydrogen) atoms. The molecule has 0 aliphatic carbocycles. The van der Waals surface area contributed by atoms with Crippen molar-refractivity contribution in [2.75, 3.05) is 45.9 Å². The lowest BCUT2D eigenvalue weighted by atomic mass is 10.0. The molecule has 1 aliphatic heterocycles. The van der Waals surface area contributed by atoms with Crippen LogP contribution in [0.25, 0.3) is 6.08 Å². The molecule has 0 aromatic heterocycles. The van der Waals surface area contributed by atoms with Crippen molar-refractivity contribution in [3.8, 4) is 0 Å². The van der Waals surface area contributed by atoms with Gasteiger partial charge in [-0.3, -0.25) is 9.80 Å². The van der Waals surface area contributed by atoms with Crippen LogP contribution in [0.1, 0.15) is 22.8 Å². The SMILES string of the molecule is Fc1ccc(C(OCCN2CCN(C/C=C/c3ccc(Cl)cc3)CC2)c2ccc(F)cc2)cc1. The topological polar surface area (TPSA) is 15.7 Å². The molecule has 1 aliphatic rings. The highest BCUT2D eigenvalue weighted by Crippen LogP contribution is 2.26. The first kappa shape index (κ1) is 24.6. The largest absolute Gasteiger partial charge is 0.367 e. The molecule has 0 amide bonds. The van der Waals surface area contributed by atoms with Gasteiger partial charge in [-0.15, -0.1) is 0 Å². The van der Waals surface area contributed by atoms with Gasteiger partial charge in [-0.2, -0.15) is 0 Å². The second-order valence-electron chi connectivity index (χ2n) is 8.45. The molecule has 3 aromatic carbocycles. The lowest BCUT2D eigenvalue weighted by Gasteiger charge is -2.34. The maximum absolute atomic E-state index is 13.4. The Morgan fingerprint density at radius 2 is 1.29 bits per heavy atom. The molecule has 3 aromatic rings. The number of nitrogens with zero attached hydrogens (tertiary/aromatic N) is 2. The van der Waals surface area contributed by atoms with Gasteiger partial charge in [0.25, 0.3) is 0 Å². The summed E-state index contributed by atoms with van der Waals surface area (Å²) >= 11 is 5.93. The Labute approximate surface area is 205 Å². The molecule has 6 heteroatoms. The molecule has 178 valence electrons. The van der Waals surface area contributed by atoms with E-state index in [0.717, 1.165) is 61.0 Å². The molecule has 0 spiro atoms. The van der Waals surface area contributed by atoms with E-state index in [4.69, 9.17) is 16.3 Å². The Kier molecular flexibility index (Phi) is 8.83. The lowest BCUT2D eigenvalue weighted by Crippen LogP contribution is -2.47. The summed E-state index contributed by atoms with van der Waals surface area (Å²) in [6, 6.07) is 20.4. The van der Waals surface area contributed by atoms with Gasteiger partial charge in [-0.05, 0) is 53.1 Å². The number of hydrogen-bond acceptors (Lipinski definition) is 3. The second kappa shape index (κ2) is 12.2. The van der Waals surface area contributed by atoms with Crippen molar-refractivity contribution < 1.29 is 13.5 Å². The Balaban J connectivity index is 1.24. The van der Waals surface area contributed by atoms with Crippen LogP contribution in [-0.2, 0) is 4.74 Å². The molecule has 0 N–H and O–H groups in total. The molecule has 0 atom stereocenters. The number of hydrogen-bond donors (Lipinski definition) is 0. The van der Waals surface area contributed by atoms with Crippen LogP contribution in [0.5, 0.6) is 0 Å². The van der Waals surface area contributed by atoms with Crippen LogP contribution in [0, 0.1) is 11.6 Å². The van der Waals surface area contributed by atoms with Crippen LogP contribution in [0.3, 0.4) is 0 Å². The van der Waals surface area contributed by atoms with Crippen LogP contribution in [-0.4, -0.2) is 55.7 Å². The summed E-state index contributed by atoms with van der Waals surface area (Å²) < 4.78 is 33.0. The van der Waals surface area contributed by atoms with Crippen molar-refractivity contribution in [2.45, 2.75) is 6.10 Å². The normalized spacial score (nSPS) is 15.4. The number of halogens is 3. The Hall–Kier alpha value is -2.57. The van der Waals surface area contributed by atoms with Crippen LogP contribution in [0.2, 0.25) is 5.02 Å². The summed E-state index contributed by atoms with van der Waals surface area (Å²) in [6.07, 6.45) is 3.96. The van der Waals surface area contributed by atoms with E-state index in [9.17, 15) is 8.78 Å². The number of rotatable bonds is 9. The minimum Gasteiger partial charge on any atom is -0.367 e. The number of benzene rings is 3. The zero-order valence-corrected chi connectivity index (χ0v) is 19.8. The summed E-state index contributed by atoms with van der Waals surface area (Å²) in [5, 5.41) is 0.749. The minimum atomic E-state index is -0.361. The van der Waals surface area contributed by atoms with Gasteiger partial charge in [0.1, 0.15) is 17.7 Å². The second-order valence-corrected chi connectivity index (χ2v) is 8.89. The summed E-state index contributed by atoms with van der Waals surface area (Å²) in [5.74, 6) is -0.579. The summed E-state index contributed by atoms with van der Waals surface area (Å²) in [6.45, 7) is 6.24. The summed E-state index contributed by atoms with van der Waals surface area (Å²) in [4.78, 5) is 4.83. The van der Waals surface area contributed by atoms with Gasteiger partial charge < -0.3 is 4.74 Å². The fourth-order valence-electron chi connectivity index (χ4n) is 4.07. The molecule has 0 saturated carbocycles. The fourth-order valence-corrected chi connectivity index (χ4v) is 4.19. The first-order valence-corrected chi connectivity index (χ1v) is 11.9. The van der Waals surface area contributed by atoms with E-state index >= 15 is 0 Å². The quantitative estimate of drug-likeness (QED) is 0.369. The molecule has 0 unspecified atom stereocenters. The third-order valence-electron chi connectivity index (χ3n) is 6.05. The highest BCUT2D eigenvalue weighted by Gasteiger charge is 2.18.